The van der Waals surface area contributed by atoms with E-state index in [2.05, 4.69) is 12.6 Å². The minimum absolute atomic E-state index is 0.143. The minimum atomic E-state index is -0.417. The summed E-state index contributed by atoms with van der Waals surface area (Å²) in [5, 5.41) is -0.417. The highest BCUT2D eigenvalue weighted by Gasteiger charge is 2.10. The summed E-state index contributed by atoms with van der Waals surface area (Å²) in [6, 6.07) is 0. The van der Waals surface area contributed by atoms with E-state index in [1.165, 1.54) is 7.11 Å². The average molecular weight is 133 g/mol. The molecule has 47 valence electrons. The standard InChI is InChI=1S/C5H9O2S/c1-4(7-2)5(8)3-6/h4-5,8H,1-2H3. The topological polar surface area (TPSA) is 26.3 Å². The number of methoxy groups -OCH3 is 1. The predicted octanol–water partition coefficient (Wildman–Crippen LogP) is 0.429. The lowest BCUT2D eigenvalue weighted by atomic mass is 10.3. The van der Waals surface area contributed by atoms with Crippen LogP contribution in [0.25, 0.3) is 0 Å². The molecule has 0 bridgehead atoms. The van der Waals surface area contributed by atoms with E-state index in [0.29, 0.717) is 0 Å². The van der Waals surface area contributed by atoms with Gasteiger partial charge in [-0.2, -0.15) is 12.6 Å². The first-order valence-corrected chi connectivity index (χ1v) is 2.82. The van der Waals surface area contributed by atoms with Crippen LogP contribution in [0.3, 0.4) is 0 Å². The maximum atomic E-state index is 9.82. The Kier molecular flexibility index (Phi) is 3.91. The van der Waals surface area contributed by atoms with Crippen LogP contribution in [0.1, 0.15) is 6.92 Å². The van der Waals surface area contributed by atoms with Gasteiger partial charge in [0.25, 0.3) is 0 Å². The van der Waals surface area contributed by atoms with Gasteiger partial charge in [0, 0.05) is 7.11 Å². The first kappa shape index (κ1) is 7.98. The van der Waals surface area contributed by atoms with E-state index in [-0.39, 0.29) is 6.10 Å². The van der Waals surface area contributed by atoms with Crippen molar-refractivity contribution in [2.75, 3.05) is 7.11 Å². The molecule has 8 heavy (non-hydrogen) atoms. The number of carbonyl (C=O) groups excluding carboxylic acids is 1. The highest BCUT2D eigenvalue weighted by Crippen LogP contribution is 2.00. The lowest BCUT2D eigenvalue weighted by Gasteiger charge is -2.08. The van der Waals surface area contributed by atoms with Crippen molar-refractivity contribution in [1.29, 1.82) is 0 Å². The molecule has 2 atom stereocenters. The monoisotopic (exact) mass is 133 g/mol. The Balaban J connectivity index is 3.44. The Bertz CT molecular complexity index is 74.8. The molecule has 0 heterocycles. The van der Waals surface area contributed by atoms with Crippen molar-refractivity contribution in [3.8, 4) is 0 Å². The van der Waals surface area contributed by atoms with Crippen molar-refractivity contribution in [2.45, 2.75) is 18.3 Å². The Morgan fingerprint density at radius 2 is 2.25 bits per heavy atom. The minimum Gasteiger partial charge on any atom is -0.380 e. The number of hydrogen-bond acceptors (Lipinski definition) is 3. The molecule has 0 aliphatic heterocycles. The zero-order valence-electron chi connectivity index (χ0n) is 4.92. The Morgan fingerprint density at radius 3 is 2.38 bits per heavy atom. The third kappa shape index (κ3) is 2.33. The smallest absolute Gasteiger partial charge is 0.214 e. The van der Waals surface area contributed by atoms with E-state index in [4.69, 9.17) is 4.74 Å². The maximum absolute atomic E-state index is 9.82. The molecule has 0 aliphatic carbocycles. The second kappa shape index (κ2) is 3.92. The summed E-state index contributed by atoms with van der Waals surface area (Å²) < 4.78 is 4.76. The molecule has 0 N–H and O–H groups in total. The molecule has 3 heteroatoms. The summed E-state index contributed by atoms with van der Waals surface area (Å²) in [7, 11) is 1.53. The van der Waals surface area contributed by atoms with E-state index in [0.717, 1.165) is 0 Å². The molecular formula is C5H9O2S. The lowest BCUT2D eigenvalue weighted by molar-refractivity contribution is 0.128. The zero-order valence-corrected chi connectivity index (χ0v) is 5.81. The second-order valence-corrected chi connectivity index (χ2v) is 2.06. The third-order valence-corrected chi connectivity index (χ3v) is 1.46. The van der Waals surface area contributed by atoms with Gasteiger partial charge in [-0.05, 0) is 6.92 Å². The van der Waals surface area contributed by atoms with Gasteiger partial charge in [0.05, 0.1) is 11.4 Å². The van der Waals surface area contributed by atoms with Crippen LogP contribution in [0.15, 0.2) is 0 Å². The number of hydrogen-bond donors (Lipinski definition) is 1. The van der Waals surface area contributed by atoms with Crippen molar-refractivity contribution >= 4 is 18.9 Å². The van der Waals surface area contributed by atoms with Crippen LogP contribution >= 0.6 is 12.6 Å². The maximum Gasteiger partial charge on any atom is 0.214 e. The Hall–Kier alpha value is -0.0200. The first-order valence-electron chi connectivity index (χ1n) is 2.31. The fraction of sp³-hybridized carbons (Fsp3) is 0.800. The number of rotatable bonds is 3. The van der Waals surface area contributed by atoms with Gasteiger partial charge in [-0.1, -0.05) is 0 Å². The van der Waals surface area contributed by atoms with E-state index < -0.39 is 5.25 Å². The van der Waals surface area contributed by atoms with E-state index in [9.17, 15) is 4.79 Å². The Morgan fingerprint density at radius 1 is 1.75 bits per heavy atom. The average Bonchev–Trinajstić information content (AvgIpc) is 1.84. The number of ether oxygens (including phenoxy) is 1. The van der Waals surface area contributed by atoms with E-state index in [1.54, 1.807) is 13.2 Å². The Labute approximate surface area is 54.6 Å². The summed E-state index contributed by atoms with van der Waals surface area (Å²) in [5.41, 5.74) is 0. The van der Waals surface area contributed by atoms with Crippen molar-refractivity contribution < 1.29 is 9.53 Å². The molecule has 2 unspecified atom stereocenters. The molecular weight excluding hydrogens is 124 g/mol. The van der Waals surface area contributed by atoms with Gasteiger partial charge < -0.3 is 4.74 Å². The highest BCUT2D eigenvalue weighted by molar-refractivity contribution is 7.81. The summed E-state index contributed by atoms with van der Waals surface area (Å²) in [6.07, 6.45) is 1.56. The van der Waals surface area contributed by atoms with Crippen molar-refractivity contribution in [3.05, 3.63) is 0 Å². The van der Waals surface area contributed by atoms with Crippen LogP contribution in [-0.4, -0.2) is 24.7 Å². The fourth-order valence-corrected chi connectivity index (χ4v) is 0.346. The summed E-state index contributed by atoms with van der Waals surface area (Å²) in [4.78, 5) is 9.82. The van der Waals surface area contributed by atoms with Crippen LogP contribution in [0, 0.1) is 0 Å². The SMILES string of the molecule is COC(C)C(S)[C]=O. The van der Waals surface area contributed by atoms with Gasteiger partial charge in [0.15, 0.2) is 0 Å². The molecule has 0 saturated carbocycles. The highest BCUT2D eigenvalue weighted by atomic mass is 32.1. The summed E-state index contributed by atoms with van der Waals surface area (Å²) in [5.74, 6) is 0. The molecule has 0 fully saturated rings. The van der Waals surface area contributed by atoms with E-state index >= 15 is 0 Å². The molecule has 2 nitrogen and oxygen atoms in total. The largest absolute Gasteiger partial charge is 0.380 e. The van der Waals surface area contributed by atoms with Crippen LogP contribution in [0.4, 0.5) is 0 Å². The van der Waals surface area contributed by atoms with Crippen LogP contribution in [0.5, 0.6) is 0 Å². The van der Waals surface area contributed by atoms with Gasteiger partial charge in [-0.25, -0.2) is 0 Å². The van der Waals surface area contributed by atoms with Crippen LogP contribution in [-0.2, 0) is 9.53 Å². The van der Waals surface area contributed by atoms with Crippen LogP contribution in [0.2, 0.25) is 0 Å². The molecule has 0 saturated heterocycles. The first-order chi connectivity index (χ1) is 3.72. The lowest BCUT2D eigenvalue weighted by Crippen LogP contribution is -2.20. The van der Waals surface area contributed by atoms with Gasteiger partial charge in [-0.3, -0.25) is 4.79 Å². The fourth-order valence-electron chi connectivity index (χ4n) is 0.225. The normalized spacial score (nSPS) is 17.4. The molecule has 0 aromatic carbocycles. The zero-order chi connectivity index (χ0) is 6.57. The van der Waals surface area contributed by atoms with Crippen molar-refractivity contribution in [3.63, 3.8) is 0 Å². The second-order valence-electron chi connectivity index (χ2n) is 1.50. The van der Waals surface area contributed by atoms with Crippen molar-refractivity contribution in [1.82, 2.24) is 0 Å². The molecule has 0 rings (SSSR count). The van der Waals surface area contributed by atoms with Crippen LogP contribution < -0.4 is 0 Å². The van der Waals surface area contributed by atoms with Crippen molar-refractivity contribution in [2.24, 2.45) is 0 Å². The molecule has 1 radical (unpaired) electrons. The number of thiol groups is 1. The van der Waals surface area contributed by atoms with Gasteiger partial charge in [-0.15, -0.1) is 0 Å². The van der Waals surface area contributed by atoms with Gasteiger partial charge in [0.1, 0.15) is 0 Å². The van der Waals surface area contributed by atoms with E-state index in [1.807, 2.05) is 0 Å². The third-order valence-electron chi connectivity index (χ3n) is 0.937. The molecule has 0 spiro atoms. The molecule has 0 aromatic heterocycles. The molecule has 0 aromatic rings. The summed E-state index contributed by atoms with van der Waals surface area (Å²) >= 11 is 3.86. The molecule has 0 aliphatic rings. The summed E-state index contributed by atoms with van der Waals surface area (Å²) in [6.45, 7) is 1.77. The predicted molar refractivity (Wildman–Crippen MR) is 34.9 cm³/mol. The molecule has 0 amide bonds. The quantitative estimate of drug-likeness (QED) is 0.565. The van der Waals surface area contributed by atoms with Gasteiger partial charge >= 0.3 is 0 Å². The van der Waals surface area contributed by atoms with Gasteiger partial charge in [0.2, 0.25) is 6.29 Å².